The zero-order valence-corrected chi connectivity index (χ0v) is 23.4. The van der Waals surface area contributed by atoms with Gasteiger partial charge in [-0.3, -0.25) is 9.69 Å². The molecule has 2 aromatic carbocycles. The Labute approximate surface area is 233 Å². The van der Waals surface area contributed by atoms with Gasteiger partial charge in [-0.2, -0.15) is 0 Å². The Hall–Kier alpha value is -2.35. The molecular weight excluding hydrogens is 528 g/mol. The predicted molar refractivity (Wildman–Crippen MR) is 147 cm³/mol. The smallest absolute Gasteiger partial charge is 0.414 e. The molecule has 3 heterocycles. The standard InChI is InChI=1S/C29H34Cl2FN3O3/c1-19-7-13-35(14-8-19)27(36)22(20-3-5-24(30)25(31)17-20)9-12-34-15-10-29(11-16-34)23-18-21(32)4-6-26(23)33(2)28(37)38-29/h3-6,17-19,22H,7-16H2,1-2H3. The van der Waals surface area contributed by atoms with E-state index < -0.39 is 11.7 Å². The fourth-order valence-electron chi connectivity index (χ4n) is 5.99. The number of hydrogen-bond donors (Lipinski definition) is 0. The molecule has 2 amide bonds. The first-order valence-corrected chi connectivity index (χ1v) is 14.2. The summed E-state index contributed by atoms with van der Waals surface area (Å²) in [4.78, 5) is 32.0. The van der Waals surface area contributed by atoms with Crippen LogP contribution in [0, 0.1) is 11.7 Å². The lowest BCUT2D eigenvalue weighted by Crippen LogP contribution is -2.51. The highest BCUT2D eigenvalue weighted by molar-refractivity contribution is 6.42. The van der Waals surface area contributed by atoms with Crippen LogP contribution in [-0.2, 0) is 15.1 Å². The highest BCUT2D eigenvalue weighted by Crippen LogP contribution is 2.45. The molecule has 38 heavy (non-hydrogen) atoms. The number of likely N-dealkylation sites (tertiary alicyclic amines) is 2. The van der Waals surface area contributed by atoms with Gasteiger partial charge < -0.3 is 14.5 Å². The van der Waals surface area contributed by atoms with Gasteiger partial charge in [0, 0.05) is 51.6 Å². The van der Waals surface area contributed by atoms with Gasteiger partial charge in [0.15, 0.2) is 0 Å². The Bertz CT molecular complexity index is 1210. The van der Waals surface area contributed by atoms with E-state index in [0.29, 0.717) is 60.5 Å². The van der Waals surface area contributed by atoms with Crippen molar-refractivity contribution >= 4 is 40.9 Å². The van der Waals surface area contributed by atoms with E-state index >= 15 is 0 Å². The summed E-state index contributed by atoms with van der Waals surface area (Å²) in [7, 11) is 1.64. The lowest BCUT2D eigenvalue weighted by Gasteiger charge is -2.46. The van der Waals surface area contributed by atoms with Gasteiger partial charge in [0.2, 0.25) is 5.91 Å². The largest absolute Gasteiger partial charge is 0.437 e. The monoisotopic (exact) mass is 561 g/mol. The number of fused-ring (bicyclic) bond motifs is 2. The normalized spacial score (nSPS) is 20.8. The molecule has 3 aliphatic rings. The van der Waals surface area contributed by atoms with Crippen molar-refractivity contribution in [2.45, 2.75) is 50.5 Å². The summed E-state index contributed by atoms with van der Waals surface area (Å²) < 4.78 is 20.1. The molecule has 0 bridgehead atoms. The summed E-state index contributed by atoms with van der Waals surface area (Å²) in [5, 5.41) is 0.920. The lowest BCUT2D eigenvalue weighted by atomic mass is 9.81. The van der Waals surface area contributed by atoms with Gasteiger partial charge >= 0.3 is 6.09 Å². The Balaban J connectivity index is 1.29. The second-order valence-corrected chi connectivity index (χ2v) is 11.8. The number of benzene rings is 2. The van der Waals surface area contributed by atoms with Crippen LogP contribution in [0.3, 0.4) is 0 Å². The maximum Gasteiger partial charge on any atom is 0.414 e. The maximum atomic E-state index is 14.2. The highest BCUT2D eigenvalue weighted by Gasteiger charge is 2.46. The van der Waals surface area contributed by atoms with Crippen molar-refractivity contribution in [3.8, 4) is 0 Å². The van der Waals surface area contributed by atoms with Crippen molar-refractivity contribution in [2.75, 3.05) is 44.7 Å². The second-order valence-electron chi connectivity index (χ2n) is 10.9. The van der Waals surface area contributed by atoms with E-state index in [4.69, 9.17) is 27.9 Å². The summed E-state index contributed by atoms with van der Waals surface area (Å²) in [6.07, 6.45) is 3.40. The minimum atomic E-state index is -0.832. The summed E-state index contributed by atoms with van der Waals surface area (Å²) >= 11 is 12.5. The van der Waals surface area contributed by atoms with Crippen LogP contribution < -0.4 is 4.90 Å². The number of carbonyl (C=O) groups is 2. The molecule has 0 aliphatic carbocycles. The van der Waals surface area contributed by atoms with Crippen LogP contribution in [-0.4, -0.2) is 61.6 Å². The number of hydrogen-bond acceptors (Lipinski definition) is 4. The summed E-state index contributed by atoms with van der Waals surface area (Å²) in [5.74, 6) is 0.116. The average molecular weight is 563 g/mol. The predicted octanol–water partition coefficient (Wildman–Crippen LogP) is 6.44. The molecule has 0 radical (unpaired) electrons. The molecule has 5 rings (SSSR count). The summed E-state index contributed by atoms with van der Waals surface area (Å²) in [6.45, 7) is 5.85. The van der Waals surface area contributed by atoms with Crippen molar-refractivity contribution in [1.29, 1.82) is 0 Å². The van der Waals surface area contributed by atoms with E-state index in [0.717, 1.165) is 37.1 Å². The number of carbonyl (C=O) groups excluding carboxylic acids is 2. The first kappa shape index (κ1) is 27.2. The Kier molecular flexibility index (Phi) is 7.90. The van der Waals surface area contributed by atoms with E-state index in [9.17, 15) is 14.0 Å². The molecule has 2 aromatic rings. The third kappa shape index (κ3) is 5.38. The average Bonchev–Trinajstić information content (AvgIpc) is 2.91. The van der Waals surface area contributed by atoms with Crippen LogP contribution in [0.4, 0.5) is 14.9 Å². The quantitative estimate of drug-likeness (QED) is 0.421. The Morgan fingerprint density at radius 2 is 1.79 bits per heavy atom. The zero-order chi connectivity index (χ0) is 27.0. The Morgan fingerprint density at radius 3 is 2.47 bits per heavy atom. The molecule has 2 saturated heterocycles. The van der Waals surface area contributed by atoms with E-state index in [1.165, 1.54) is 17.0 Å². The molecule has 0 aromatic heterocycles. The van der Waals surface area contributed by atoms with Gasteiger partial charge in [-0.1, -0.05) is 36.2 Å². The number of anilines is 1. The minimum Gasteiger partial charge on any atom is -0.437 e. The van der Waals surface area contributed by atoms with Crippen molar-refractivity contribution in [2.24, 2.45) is 5.92 Å². The van der Waals surface area contributed by atoms with Gasteiger partial charge in [0.25, 0.3) is 0 Å². The van der Waals surface area contributed by atoms with Gasteiger partial charge in [-0.25, -0.2) is 9.18 Å². The number of halogens is 3. The molecule has 204 valence electrons. The van der Waals surface area contributed by atoms with Crippen molar-refractivity contribution < 1.29 is 18.7 Å². The maximum absolute atomic E-state index is 14.2. The lowest BCUT2D eigenvalue weighted by molar-refractivity contribution is -0.134. The van der Waals surface area contributed by atoms with Gasteiger partial charge in [0.1, 0.15) is 11.4 Å². The van der Waals surface area contributed by atoms with Gasteiger partial charge in [0.05, 0.1) is 21.7 Å². The number of piperidine rings is 2. The van der Waals surface area contributed by atoms with Crippen LogP contribution in [0.5, 0.6) is 0 Å². The Morgan fingerprint density at radius 1 is 1.08 bits per heavy atom. The molecule has 1 spiro atoms. The SMILES string of the molecule is CC1CCN(C(=O)C(CCN2CCC3(CC2)OC(=O)N(C)c2ccc(F)cc23)c2ccc(Cl)c(Cl)c2)CC1. The highest BCUT2D eigenvalue weighted by atomic mass is 35.5. The zero-order valence-electron chi connectivity index (χ0n) is 21.9. The first-order valence-electron chi connectivity index (χ1n) is 13.4. The van der Waals surface area contributed by atoms with Gasteiger partial charge in [-0.15, -0.1) is 0 Å². The minimum absolute atomic E-state index is 0.136. The number of ether oxygens (including phenoxy) is 1. The molecule has 9 heteroatoms. The van der Waals surface area contributed by atoms with Crippen LogP contribution >= 0.6 is 23.2 Å². The molecule has 1 unspecified atom stereocenters. The number of rotatable bonds is 5. The van der Waals surface area contributed by atoms with E-state index in [1.54, 1.807) is 19.2 Å². The van der Waals surface area contributed by atoms with Crippen molar-refractivity contribution in [1.82, 2.24) is 9.80 Å². The van der Waals surface area contributed by atoms with Gasteiger partial charge in [-0.05, 0) is 67.6 Å². The van der Waals surface area contributed by atoms with E-state index in [-0.39, 0.29) is 17.6 Å². The third-order valence-corrected chi connectivity index (χ3v) is 9.24. The molecule has 6 nitrogen and oxygen atoms in total. The second kappa shape index (κ2) is 11.0. The topological polar surface area (TPSA) is 53.1 Å². The third-order valence-electron chi connectivity index (χ3n) is 8.50. The molecule has 3 aliphatic heterocycles. The van der Waals surface area contributed by atoms with Crippen LogP contribution in [0.15, 0.2) is 36.4 Å². The molecule has 0 saturated carbocycles. The molecule has 1 atom stereocenters. The molecule has 0 N–H and O–H groups in total. The van der Waals surface area contributed by atoms with Crippen molar-refractivity contribution in [3.05, 3.63) is 63.4 Å². The van der Waals surface area contributed by atoms with Crippen molar-refractivity contribution in [3.63, 3.8) is 0 Å². The number of nitrogens with zero attached hydrogens (tertiary/aromatic N) is 3. The fourth-order valence-corrected chi connectivity index (χ4v) is 6.29. The van der Waals surface area contributed by atoms with E-state index in [2.05, 4.69) is 11.8 Å². The first-order chi connectivity index (χ1) is 18.2. The summed E-state index contributed by atoms with van der Waals surface area (Å²) in [6, 6.07) is 9.99. The summed E-state index contributed by atoms with van der Waals surface area (Å²) in [5.41, 5.74) is 1.46. The number of amides is 2. The van der Waals surface area contributed by atoms with E-state index in [1.807, 2.05) is 17.0 Å². The molecule has 2 fully saturated rings. The fraction of sp³-hybridized carbons (Fsp3) is 0.517. The van der Waals surface area contributed by atoms with Crippen LogP contribution in [0.1, 0.15) is 56.1 Å². The molecular formula is C29H34Cl2FN3O3. The van der Waals surface area contributed by atoms with Crippen LogP contribution in [0.2, 0.25) is 10.0 Å². The van der Waals surface area contributed by atoms with Crippen LogP contribution in [0.25, 0.3) is 0 Å².